The highest BCUT2D eigenvalue weighted by Crippen LogP contribution is 2.26. The Kier molecular flexibility index (Phi) is 3.93. The zero-order chi connectivity index (χ0) is 14.9. The average Bonchev–Trinajstić information content (AvgIpc) is 2.86. The van der Waals surface area contributed by atoms with Crippen molar-refractivity contribution in [1.29, 1.82) is 0 Å². The lowest BCUT2D eigenvalue weighted by atomic mass is 10.2. The summed E-state index contributed by atoms with van der Waals surface area (Å²) in [7, 11) is -3.77. The number of nitrogen functional groups attached to an aromatic ring is 1. The van der Waals surface area contributed by atoms with E-state index in [4.69, 9.17) is 17.3 Å². The van der Waals surface area contributed by atoms with Crippen LogP contribution in [0.5, 0.6) is 0 Å². The maximum Gasteiger partial charge on any atom is 0.241 e. The van der Waals surface area contributed by atoms with Crippen molar-refractivity contribution in [2.24, 2.45) is 0 Å². The quantitative estimate of drug-likeness (QED) is 0.715. The smallest absolute Gasteiger partial charge is 0.241 e. The SMILES string of the molecule is Cc1cc(Cl)c(N)cc1S(=O)(=O)NC(C)c1nn[nH]n1. The van der Waals surface area contributed by atoms with E-state index in [-0.39, 0.29) is 16.4 Å². The fourth-order valence-corrected chi connectivity index (χ4v) is 3.34. The molecule has 0 aliphatic rings. The molecule has 1 aromatic carbocycles. The minimum Gasteiger partial charge on any atom is -0.397 e. The van der Waals surface area contributed by atoms with Crippen LogP contribution in [0.3, 0.4) is 0 Å². The van der Waals surface area contributed by atoms with Crippen molar-refractivity contribution in [2.45, 2.75) is 24.8 Å². The molecular formula is C10H13ClN6O2S. The first-order valence-corrected chi connectivity index (χ1v) is 7.48. The molecule has 1 aromatic heterocycles. The number of nitrogens with one attached hydrogen (secondary N) is 2. The van der Waals surface area contributed by atoms with Crippen molar-refractivity contribution in [2.75, 3.05) is 5.73 Å². The van der Waals surface area contributed by atoms with Gasteiger partial charge in [0.05, 0.1) is 21.6 Å². The third-order valence-electron chi connectivity index (χ3n) is 2.66. The first-order chi connectivity index (χ1) is 9.31. The van der Waals surface area contributed by atoms with Crippen LogP contribution < -0.4 is 10.5 Å². The number of H-pyrrole nitrogens is 1. The molecule has 2 rings (SSSR count). The van der Waals surface area contributed by atoms with Crippen LogP contribution in [0.1, 0.15) is 24.4 Å². The van der Waals surface area contributed by atoms with E-state index in [1.807, 2.05) is 0 Å². The van der Waals surface area contributed by atoms with Crippen molar-refractivity contribution in [1.82, 2.24) is 25.3 Å². The Balaban J connectivity index is 2.34. The lowest BCUT2D eigenvalue weighted by Gasteiger charge is -2.13. The lowest BCUT2D eigenvalue weighted by molar-refractivity contribution is 0.559. The number of hydrogen-bond donors (Lipinski definition) is 3. The Hall–Kier alpha value is -1.71. The second-order valence-electron chi connectivity index (χ2n) is 4.25. The molecule has 8 nitrogen and oxygen atoms in total. The first-order valence-electron chi connectivity index (χ1n) is 5.62. The number of aromatic amines is 1. The van der Waals surface area contributed by atoms with Gasteiger partial charge >= 0.3 is 0 Å². The summed E-state index contributed by atoms with van der Waals surface area (Å²) in [4.78, 5) is 0.0646. The number of aryl methyl sites for hydroxylation is 1. The second kappa shape index (κ2) is 5.35. The highest BCUT2D eigenvalue weighted by Gasteiger charge is 2.23. The van der Waals surface area contributed by atoms with Crippen molar-refractivity contribution in [3.63, 3.8) is 0 Å². The Labute approximate surface area is 120 Å². The molecular weight excluding hydrogens is 304 g/mol. The minimum atomic E-state index is -3.77. The summed E-state index contributed by atoms with van der Waals surface area (Å²) >= 11 is 5.85. The molecule has 0 aliphatic heterocycles. The Morgan fingerprint density at radius 3 is 2.75 bits per heavy atom. The van der Waals surface area contributed by atoms with E-state index in [9.17, 15) is 8.42 Å². The third-order valence-corrected chi connectivity index (χ3v) is 4.67. The van der Waals surface area contributed by atoms with Crippen molar-refractivity contribution in [3.8, 4) is 0 Å². The minimum absolute atomic E-state index is 0.0646. The molecule has 0 spiro atoms. The molecule has 0 saturated heterocycles. The number of anilines is 1. The van der Waals surface area contributed by atoms with Gasteiger partial charge in [-0.2, -0.15) is 5.21 Å². The van der Waals surface area contributed by atoms with E-state index in [0.29, 0.717) is 10.6 Å². The van der Waals surface area contributed by atoms with Gasteiger partial charge in [0.15, 0.2) is 5.82 Å². The number of rotatable bonds is 4. The summed E-state index contributed by atoms with van der Waals surface area (Å²) in [6, 6.07) is 2.20. The molecule has 108 valence electrons. The van der Waals surface area contributed by atoms with Gasteiger partial charge < -0.3 is 5.73 Å². The van der Waals surface area contributed by atoms with Crippen molar-refractivity contribution in [3.05, 3.63) is 28.5 Å². The van der Waals surface area contributed by atoms with Gasteiger partial charge in [0, 0.05) is 0 Å². The Morgan fingerprint density at radius 2 is 2.15 bits per heavy atom. The Morgan fingerprint density at radius 1 is 1.45 bits per heavy atom. The normalized spacial score (nSPS) is 13.3. The largest absolute Gasteiger partial charge is 0.397 e. The zero-order valence-electron chi connectivity index (χ0n) is 10.8. The molecule has 20 heavy (non-hydrogen) atoms. The standard InChI is InChI=1S/C10H13ClN6O2S/c1-5-3-7(11)8(12)4-9(5)20(18,19)15-6(2)10-13-16-17-14-10/h3-4,6,15H,12H2,1-2H3,(H,13,14,16,17). The fourth-order valence-electron chi connectivity index (χ4n) is 1.66. The first kappa shape index (κ1) is 14.7. The lowest BCUT2D eigenvalue weighted by Crippen LogP contribution is -2.28. The number of aromatic nitrogens is 4. The predicted octanol–water partition coefficient (Wildman–Crippen LogP) is 0.783. The van der Waals surface area contributed by atoms with E-state index in [0.717, 1.165) is 0 Å². The summed E-state index contributed by atoms with van der Waals surface area (Å²) in [6.07, 6.45) is 0. The molecule has 2 aromatic rings. The van der Waals surface area contributed by atoms with Crippen LogP contribution in [0.4, 0.5) is 5.69 Å². The third kappa shape index (κ3) is 2.89. The highest BCUT2D eigenvalue weighted by atomic mass is 35.5. The summed E-state index contributed by atoms with van der Waals surface area (Å²) < 4.78 is 27.1. The maximum atomic E-state index is 12.3. The molecule has 10 heteroatoms. The van der Waals surface area contributed by atoms with Gasteiger partial charge in [-0.1, -0.05) is 16.8 Å². The molecule has 1 heterocycles. The van der Waals surface area contributed by atoms with Crippen LogP contribution in [0.15, 0.2) is 17.0 Å². The van der Waals surface area contributed by atoms with Crippen LogP contribution in [0, 0.1) is 6.92 Å². The summed E-state index contributed by atoms with van der Waals surface area (Å²) in [5.41, 5.74) is 6.34. The molecule has 0 fully saturated rings. The van der Waals surface area contributed by atoms with Crippen LogP contribution in [-0.4, -0.2) is 29.0 Å². The number of nitrogens with two attached hydrogens (primary N) is 1. The number of benzene rings is 1. The fraction of sp³-hybridized carbons (Fsp3) is 0.300. The van der Waals surface area contributed by atoms with Gasteiger partial charge in [-0.05, 0) is 31.5 Å². The van der Waals surface area contributed by atoms with Gasteiger partial charge in [-0.3, -0.25) is 0 Å². The summed E-state index contributed by atoms with van der Waals surface area (Å²) in [5.74, 6) is 0.244. The van der Waals surface area contributed by atoms with E-state index < -0.39 is 16.1 Å². The van der Waals surface area contributed by atoms with Gasteiger partial charge in [0.1, 0.15) is 0 Å². The van der Waals surface area contributed by atoms with Gasteiger partial charge in [0.25, 0.3) is 0 Å². The van der Waals surface area contributed by atoms with E-state index >= 15 is 0 Å². The maximum absolute atomic E-state index is 12.3. The van der Waals surface area contributed by atoms with Crippen LogP contribution in [0.25, 0.3) is 0 Å². The number of halogens is 1. The van der Waals surface area contributed by atoms with Crippen molar-refractivity contribution >= 4 is 27.3 Å². The van der Waals surface area contributed by atoms with Gasteiger partial charge in [-0.15, -0.1) is 10.2 Å². The van der Waals surface area contributed by atoms with Crippen molar-refractivity contribution < 1.29 is 8.42 Å². The molecule has 1 atom stereocenters. The number of tetrazole rings is 1. The topological polar surface area (TPSA) is 127 Å². The van der Waals surface area contributed by atoms with E-state index in [1.165, 1.54) is 12.1 Å². The average molecular weight is 317 g/mol. The number of nitrogens with zero attached hydrogens (tertiary/aromatic N) is 3. The molecule has 0 amide bonds. The monoisotopic (exact) mass is 316 g/mol. The molecule has 1 unspecified atom stereocenters. The van der Waals surface area contributed by atoms with Gasteiger partial charge in [0.2, 0.25) is 10.0 Å². The highest BCUT2D eigenvalue weighted by molar-refractivity contribution is 7.89. The molecule has 0 radical (unpaired) electrons. The Bertz CT molecular complexity index is 716. The number of hydrogen-bond acceptors (Lipinski definition) is 6. The van der Waals surface area contributed by atoms with Crippen LogP contribution in [0.2, 0.25) is 5.02 Å². The van der Waals surface area contributed by atoms with Gasteiger partial charge in [-0.25, -0.2) is 13.1 Å². The van der Waals surface area contributed by atoms with Crippen LogP contribution in [-0.2, 0) is 10.0 Å². The number of sulfonamides is 1. The summed E-state index contributed by atoms with van der Waals surface area (Å²) in [5, 5.41) is 13.4. The molecule has 4 N–H and O–H groups in total. The second-order valence-corrected chi connectivity index (χ2v) is 6.34. The molecule has 0 bridgehead atoms. The van der Waals surface area contributed by atoms with Crippen LogP contribution >= 0.6 is 11.6 Å². The molecule has 0 saturated carbocycles. The predicted molar refractivity (Wildman–Crippen MR) is 73.5 cm³/mol. The summed E-state index contributed by atoms with van der Waals surface area (Å²) in [6.45, 7) is 3.25. The molecule has 0 aliphatic carbocycles. The van der Waals surface area contributed by atoms with E-state index in [2.05, 4.69) is 25.3 Å². The zero-order valence-corrected chi connectivity index (χ0v) is 12.3. The van der Waals surface area contributed by atoms with E-state index in [1.54, 1.807) is 13.8 Å².